The molecule has 0 heterocycles. The van der Waals surface area contributed by atoms with Gasteiger partial charge in [0.1, 0.15) is 11.5 Å². The van der Waals surface area contributed by atoms with E-state index < -0.39 is 11.9 Å². The zero-order valence-corrected chi connectivity index (χ0v) is 11.4. The second kappa shape index (κ2) is 6.63. The number of carbonyl (C=O) groups excluding carboxylic acids is 2. The Hall–Kier alpha value is -2.24. The van der Waals surface area contributed by atoms with Crippen molar-refractivity contribution < 1.29 is 23.8 Å². The average Bonchev–Trinajstić information content (AvgIpc) is 2.43. The molecule has 104 valence electrons. The molecule has 0 radical (unpaired) electrons. The fourth-order valence-electron chi connectivity index (χ4n) is 1.71. The molecule has 0 unspecified atom stereocenters. The Morgan fingerprint density at radius 2 is 1.84 bits per heavy atom. The van der Waals surface area contributed by atoms with Crippen LogP contribution in [0.2, 0.25) is 0 Å². The van der Waals surface area contributed by atoms with E-state index in [1.807, 2.05) is 6.92 Å². The highest BCUT2D eigenvalue weighted by Gasteiger charge is 2.15. The molecule has 6 nitrogen and oxygen atoms in total. The summed E-state index contributed by atoms with van der Waals surface area (Å²) in [5.74, 6) is -0.411. The molecule has 0 saturated heterocycles. The Morgan fingerprint density at radius 3 is 2.37 bits per heavy atom. The number of ether oxygens (including phenoxy) is 3. The van der Waals surface area contributed by atoms with Crippen molar-refractivity contribution in [3.8, 4) is 11.5 Å². The van der Waals surface area contributed by atoms with Gasteiger partial charge < -0.3 is 19.5 Å². The summed E-state index contributed by atoms with van der Waals surface area (Å²) in [4.78, 5) is 22.3. The molecule has 0 spiro atoms. The molecule has 1 N–H and O–H groups in total. The predicted molar refractivity (Wildman–Crippen MR) is 68.1 cm³/mol. The van der Waals surface area contributed by atoms with Gasteiger partial charge in [-0.25, -0.2) is 4.79 Å². The van der Waals surface area contributed by atoms with Crippen LogP contribution in [-0.4, -0.2) is 33.2 Å². The molecule has 6 heteroatoms. The van der Waals surface area contributed by atoms with E-state index in [1.54, 1.807) is 19.2 Å². The molecule has 0 aliphatic rings. The van der Waals surface area contributed by atoms with Crippen LogP contribution < -0.4 is 14.8 Å². The normalized spacial score (nSPS) is 9.68. The van der Waals surface area contributed by atoms with Crippen LogP contribution in [0, 0.1) is 6.92 Å². The molecule has 0 atom stereocenters. The lowest BCUT2D eigenvalue weighted by molar-refractivity contribution is -0.152. The van der Waals surface area contributed by atoms with Crippen LogP contribution in [0.25, 0.3) is 0 Å². The summed E-state index contributed by atoms with van der Waals surface area (Å²) in [6, 6.07) is 3.54. The maximum absolute atomic E-state index is 11.3. The molecule has 19 heavy (non-hydrogen) atoms. The van der Waals surface area contributed by atoms with E-state index in [2.05, 4.69) is 10.1 Å². The van der Waals surface area contributed by atoms with Crippen molar-refractivity contribution in [1.82, 2.24) is 5.32 Å². The summed E-state index contributed by atoms with van der Waals surface area (Å²) in [5.41, 5.74) is 1.58. The van der Waals surface area contributed by atoms with Gasteiger partial charge in [0.25, 0.3) is 0 Å². The standard InChI is InChI=1S/C13H17NO5/c1-8-10(17-2)6-5-9(11(8)18-3)7-14-12(15)13(16)19-4/h5-6H,7H2,1-4H3,(H,14,15). The lowest BCUT2D eigenvalue weighted by Gasteiger charge is -2.14. The molecule has 1 aromatic carbocycles. The van der Waals surface area contributed by atoms with Gasteiger partial charge >= 0.3 is 11.9 Å². The van der Waals surface area contributed by atoms with Gasteiger partial charge in [-0.05, 0) is 19.1 Å². The van der Waals surface area contributed by atoms with Crippen LogP contribution in [0.3, 0.4) is 0 Å². The van der Waals surface area contributed by atoms with Crippen molar-refractivity contribution in [2.45, 2.75) is 13.5 Å². The molecule has 0 bridgehead atoms. The molecule has 0 fully saturated rings. The number of carbonyl (C=O) groups is 2. The Labute approximate surface area is 111 Å². The first kappa shape index (κ1) is 14.8. The van der Waals surface area contributed by atoms with Gasteiger partial charge in [0.15, 0.2) is 0 Å². The Kier molecular flexibility index (Phi) is 5.17. The number of nitrogens with one attached hydrogen (secondary N) is 1. The summed E-state index contributed by atoms with van der Waals surface area (Å²) < 4.78 is 14.8. The lowest BCUT2D eigenvalue weighted by Crippen LogP contribution is -2.31. The van der Waals surface area contributed by atoms with Crippen LogP contribution in [0.5, 0.6) is 11.5 Å². The molecular weight excluding hydrogens is 250 g/mol. The molecule has 1 rings (SSSR count). The van der Waals surface area contributed by atoms with E-state index in [0.717, 1.165) is 18.2 Å². The van der Waals surface area contributed by atoms with E-state index in [4.69, 9.17) is 9.47 Å². The first-order chi connectivity index (χ1) is 9.04. The minimum Gasteiger partial charge on any atom is -0.496 e. The van der Waals surface area contributed by atoms with Crippen molar-refractivity contribution in [1.29, 1.82) is 0 Å². The van der Waals surface area contributed by atoms with E-state index in [-0.39, 0.29) is 6.54 Å². The number of rotatable bonds is 4. The van der Waals surface area contributed by atoms with Gasteiger partial charge in [-0.15, -0.1) is 0 Å². The van der Waals surface area contributed by atoms with E-state index in [1.165, 1.54) is 7.11 Å². The van der Waals surface area contributed by atoms with E-state index >= 15 is 0 Å². The summed E-state index contributed by atoms with van der Waals surface area (Å²) in [5, 5.41) is 2.45. The maximum Gasteiger partial charge on any atom is 0.396 e. The zero-order chi connectivity index (χ0) is 14.4. The highest BCUT2D eigenvalue weighted by atomic mass is 16.5. The van der Waals surface area contributed by atoms with Crippen LogP contribution in [0.4, 0.5) is 0 Å². The first-order valence-corrected chi connectivity index (χ1v) is 5.61. The summed E-state index contributed by atoms with van der Waals surface area (Å²) >= 11 is 0. The minimum absolute atomic E-state index is 0.169. The van der Waals surface area contributed by atoms with Crippen molar-refractivity contribution in [2.75, 3.05) is 21.3 Å². The fourth-order valence-corrected chi connectivity index (χ4v) is 1.71. The van der Waals surface area contributed by atoms with Crippen molar-refractivity contribution in [2.24, 2.45) is 0 Å². The number of esters is 1. The second-order valence-electron chi connectivity index (χ2n) is 3.76. The van der Waals surface area contributed by atoms with Crippen LogP contribution >= 0.6 is 0 Å². The zero-order valence-electron chi connectivity index (χ0n) is 11.4. The number of hydrogen-bond donors (Lipinski definition) is 1. The molecule has 0 aliphatic carbocycles. The molecule has 1 amide bonds. The first-order valence-electron chi connectivity index (χ1n) is 5.61. The largest absolute Gasteiger partial charge is 0.496 e. The Balaban J connectivity index is 2.87. The number of hydrogen-bond acceptors (Lipinski definition) is 5. The molecular formula is C13H17NO5. The van der Waals surface area contributed by atoms with Gasteiger partial charge in [0.2, 0.25) is 0 Å². The van der Waals surface area contributed by atoms with Gasteiger partial charge in [-0.1, -0.05) is 0 Å². The fraction of sp³-hybridized carbons (Fsp3) is 0.385. The van der Waals surface area contributed by atoms with Crippen LogP contribution in [-0.2, 0) is 20.9 Å². The van der Waals surface area contributed by atoms with E-state index in [9.17, 15) is 9.59 Å². The predicted octanol–water partition coefficient (Wildman–Crippen LogP) is 0.801. The smallest absolute Gasteiger partial charge is 0.396 e. The second-order valence-corrected chi connectivity index (χ2v) is 3.76. The third kappa shape index (κ3) is 3.37. The highest BCUT2D eigenvalue weighted by molar-refractivity contribution is 6.32. The molecule has 0 aliphatic heterocycles. The quantitative estimate of drug-likeness (QED) is 0.645. The maximum atomic E-state index is 11.3. The minimum atomic E-state index is -0.927. The van der Waals surface area contributed by atoms with Crippen molar-refractivity contribution >= 4 is 11.9 Å². The third-order valence-electron chi connectivity index (χ3n) is 2.67. The van der Waals surface area contributed by atoms with Gasteiger partial charge in [-0.3, -0.25) is 4.79 Å². The number of methoxy groups -OCH3 is 3. The van der Waals surface area contributed by atoms with Gasteiger partial charge in [-0.2, -0.15) is 0 Å². The van der Waals surface area contributed by atoms with Crippen LogP contribution in [0.15, 0.2) is 12.1 Å². The summed E-state index contributed by atoms with van der Waals surface area (Å²) in [6.45, 7) is 2.02. The van der Waals surface area contributed by atoms with Gasteiger partial charge in [0, 0.05) is 17.7 Å². The number of amides is 1. The molecule has 1 aromatic rings. The van der Waals surface area contributed by atoms with Crippen molar-refractivity contribution in [3.05, 3.63) is 23.3 Å². The summed E-state index contributed by atoms with van der Waals surface area (Å²) in [6.07, 6.45) is 0. The topological polar surface area (TPSA) is 73.9 Å². The number of benzene rings is 1. The summed E-state index contributed by atoms with van der Waals surface area (Å²) in [7, 11) is 4.26. The van der Waals surface area contributed by atoms with Crippen molar-refractivity contribution in [3.63, 3.8) is 0 Å². The monoisotopic (exact) mass is 267 g/mol. The third-order valence-corrected chi connectivity index (χ3v) is 2.67. The molecule has 0 saturated carbocycles. The Bertz CT molecular complexity index is 484. The van der Waals surface area contributed by atoms with Gasteiger partial charge in [0.05, 0.1) is 21.3 Å². The SMILES string of the molecule is COC(=O)C(=O)NCc1ccc(OC)c(C)c1OC. The Morgan fingerprint density at radius 1 is 1.16 bits per heavy atom. The van der Waals surface area contributed by atoms with E-state index in [0.29, 0.717) is 11.5 Å². The average molecular weight is 267 g/mol. The lowest BCUT2D eigenvalue weighted by atomic mass is 10.1. The highest BCUT2D eigenvalue weighted by Crippen LogP contribution is 2.31. The molecule has 0 aromatic heterocycles. The van der Waals surface area contributed by atoms with Crippen LogP contribution in [0.1, 0.15) is 11.1 Å².